The summed E-state index contributed by atoms with van der Waals surface area (Å²) >= 11 is 1.42. The van der Waals surface area contributed by atoms with E-state index in [0.29, 0.717) is 5.69 Å². The number of rotatable bonds is 5. The Hall–Kier alpha value is -2.88. The van der Waals surface area contributed by atoms with Gasteiger partial charge in [0.2, 0.25) is 0 Å². The summed E-state index contributed by atoms with van der Waals surface area (Å²) in [5.41, 5.74) is -0.125. The number of alkyl halides is 3. The molecule has 3 rings (SSSR count). The van der Waals surface area contributed by atoms with Crippen LogP contribution in [0.2, 0.25) is 0 Å². The number of ether oxygens (including phenoxy) is 1. The Bertz CT molecular complexity index is 903. The van der Waals surface area contributed by atoms with Crippen LogP contribution < -0.4 is 5.32 Å². The van der Waals surface area contributed by atoms with Crippen molar-refractivity contribution in [2.75, 3.05) is 11.9 Å². The van der Waals surface area contributed by atoms with Crippen molar-refractivity contribution in [3.05, 3.63) is 53.3 Å². The Labute approximate surface area is 149 Å². The van der Waals surface area contributed by atoms with Crippen LogP contribution in [0.5, 0.6) is 0 Å². The SMILES string of the molecule is O=C(COC(=O)Cc1cn2ccsc2n1)Nc1ccc(C(F)(F)F)cc1. The number of amides is 1. The van der Waals surface area contributed by atoms with Gasteiger partial charge in [-0.1, -0.05) is 0 Å². The van der Waals surface area contributed by atoms with Gasteiger partial charge in [-0.15, -0.1) is 11.3 Å². The molecule has 1 aromatic carbocycles. The lowest BCUT2D eigenvalue weighted by Crippen LogP contribution is -2.21. The lowest BCUT2D eigenvalue weighted by Gasteiger charge is -2.09. The normalized spacial score (nSPS) is 11.5. The number of thiazole rings is 1. The molecule has 10 heteroatoms. The van der Waals surface area contributed by atoms with E-state index in [0.717, 1.165) is 29.2 Å². The molecule has 136 valence electrons. The molecule has 3 aromatic rings. The summed E-state index contributed by atoms with van der Waals surface area (Å²) in [7, 11) is 0. The largest absolute Gasteiger partial charge is 0.455 e. The lowest BCUT2D eigenvalue weighted by atomic mass is 10.2. The van der Waals surface area contributed by atoms with Gasteiger partial charge >= 0.3 is 12.1 Å². The highest BCUT2D eigenvalue weighted by Crippen LogP contribution is 2.29. The molecule has 26 heavy (non-hydrogen) atoms. The molecule has 0 saturated carbocycles. The van der Waals surface area contributed by atoms with E-state index in [-0.39, 0.29) is 12.1 Å². The van der Waals surface area contributed by atoms with Crippen LogP contribution in [0, 0.1) is 0 Å². The number of carbonyl (C=O) groups excluding carboxylic acids is 2. The van der Waals surface area contributed by atoms with E-state index in [4.69, 9.17) is 4.74 Å². The molecule has 0 atom stereocenters. The first kappa shape index (κ1) is 17.9. The van der Waals surface area contributed by atoms with Crippen molar-refractivity contribution in [1.29, 1.82) is 0 Å². The molecule has 0 aliphatic rings. The molecule has 0 saturated heterocycles. The molecule has 0 radical (unpaired) electrons. The highest BCUT2D eigenvalue weighted by molar-refractivity contribution is 7.15. The molecule has 0 aliphatic heterocycles. The van der Waals surface area contributed by atoms with Gasteiger partial charge in [0.25, 0.3) is 5.91 Å². The van der Waals surface area contributed by atoms with Crippen LogP contribution in [0.1, 0.15) is 11.3 Å². The number of imidazole rings is 1. The quantitative estimate of drug-likeness (QED) is 0.687. The summed E-state index contributed by atoms with van der Waals surface area (Å²) in [5, 5.41) is 4.21. The second-order valence-corrected chi connectivity index (χ2v) is 6.16. The summed E-state index contributed by atoms with van der Waals surface area (Å²) < 4.78 is 44.0. The molecule has 2 aromatic heterocycles. The van der Waals surface area contributed by atoms with Crippen molar-refractivity contribution in [1.82, 2.24) is 9.38 Å². The summed E-state index contributed by atoms with van der Waals surface area (Å²) in [5.74, 6) is -1.28. The summed E-state index contributed by atoms with van der Waals surface area (Å²) in [6, 6.07) is 3.96. The molecule has 0 fully saturated rings. The van der Waals surface area contributed by atoms with E-state index in [1.165, 1.54) is 11.3 Å². The number of aromatic nitrogens is 2. The Morgan fingerprint density at radius 1 is 1.23 bits per heavy atom. The maximum Gasteiger partial charge on any atom is 0.416 e. The molecule has 1 amide bonds. The van der Waals surface area contributed by atoms with Crippen molar-refractivity contribution >= 4 is 33.9 Å². The number of hydrogen-bond acceptors (Lipinski definition) is 5. The van der Waals surface area contributed by atoms with Crippen LogP contribution in [-0.2, 0) is 26.9 Å². The molecule has 0 spiro atoms. The molecular formula is C16H12F3N3O3S. The van der Waals surface area contributed by atoms with Crippen molar-refractivity contribution in [3.63, 3.8) is 0 Å². The Balaban J connectivity index is 1.47. The molecule has 6 nitrogen and oxygen atoms in total. The third-order valence-electron chi connectivity index (χ3n) is 3.33. The maximum atomic E-state index is 12.5. The van der Waals surface area contributed by atoms with Gasteiger partial charge in [-0.3, -0.25) is 14.0 Å². The zero-order valence-corrected chi connectivity index (χ0v) is 13.9. The van der Waals surface area contributed by atoms with Gasteiger partial charge in [0.15, 0.2) is 11.6 Å². The predicted octanol–water partition coefficient (Wildman–Crippen LogP) is 3.14. The monoisotopic (exact) mass is 383 g/mol. The zero-order chi connectivity index (χ0) is 18.7. The molecule has 0 unspecified atom stereocenters. The highest BCUT2D eigenvalue weighted by Gasteiger charge is 2.30. The maximum absolute atomic E-state index is 12.5. The number of benzene rings is 1. The minimum absolute atomic E-state index is 0.0814. The van der Waals surface area contributed by atoms with E-state index in [9.17, 15) is 22.8 Å². The van der Waals surface area contributed by atoms with Crippen LogP contribution in [0.25, 0.3) is 4.96 Å². The van der Waals surface area contributed by atoms with Gasteiger partial charge in [0.1, 0.15) is 0 Å². The number of anilines is 1. The minimum Gasteiger partial charge on any atom is -0.455 e. The number of halogens is 3. The fraction of sp³-hybridized carbons (Fsp3) is 0.188. The van der Waals surface area contributed by atoms with Gasteiger partial charge in [-0.05, 0) is 24.3 Å². The van der Waals surface area contributed by atoms with Gasteiger partial charge < -0.3 is 10.1 Å². The fourth-order valence-electron chi connectivity index (χ4n) is 2.15. The third kappa shape index (κ3) is 4.39. The van der Waals surface area contributed by atoms with Crippen LogP contribution in [0.15, 0.2) is 42.0 Å². The number of esters is 1. The topological polar surface area (TPSA) is 72.7 Å². The highest BCUT2D eigenvalue weighted by atomic mass is 32.1. The average molecular weight is 383 g/mol. The summed E-state index contributed by atoms with van der Waals surface area (Å²) in [6.45, 7) is -0.540. The van der Waals surface area contributed by atoms with E-state index in [2.05, 4.69) is 10.3 Å². The third-order valence-corrected chi connectivity index (χ3v) is 4.10. The molecule has 0 aliphatic carbocycles. The Morgan fingerprint density at radius 2 is 1.96 bits per heavy atom. The van der Waals surface area contributed by atoms with Crippen molar-refractivity contribution in [2.24, 2.45) is 0 Å². The second kappa shape index (κ2) is 7.16. The first-order chi connectivity index (χ1) is 12.3. The van der Waals surface area contributed by atoms with E-state index in [1.54, 1.807) is 16.8 Å². The van der Waals surface area contributed by atoms with Gasteiger partial charge in [-0.2, -0.15) is 13.2 Å². The Morgan fingerprint density at radius 3 is 2.62 bits per heavy atom. The van der Waals surface area contributed by atoms with E-state index >= 15 is 0 Å². The number of carbonyl (C=O) groups is 2. The standard InChI is InChI=1S/C16H12F3N3O3S/c17-16(18,19)10-1-3-11(4-2-10)20-13(23)9-25-14(24)7-12-8-22-5-6-26-15(22)21-12/h1-6,8H,7,9H2,(H,20,23). The zero-order valence-electron chi connectivity index (χ0n) is 13.1. The Kier molecular flexibility index (Phi) is 4.94. The van der Waals surface area contributed by atoms with Crippen LogP contribution in [0.3, 0.4) is 0 Å². The van der Waals surface area contributed by atoms with Crippen LogP contribution >= 0.6 is 11.3 Å². The number of fused-ring (bicyclic) bond motifs is 1. The van der Waals surface area contributed by atoms with E-state index < -0.39 is 30.2 Å². The summed E-state index contributed by atoms with van der Waals surface area (Å²) in [4.78, 5) is 28.4. The molecule has 2 heterocycles. The van der Waals surface area contributed by atoms with Crippen molar-refractivity contribution in [3.8, 4) is 0 Å². The number of hydrogen-bond donors (Lipinski definition) is 1. The van der Waals surface area contributed by atoms with Crippen molar-refractivity contribution in [2.45, 2.75) is 12.6 Å². The number of nitrogens with zero attached hydrogens (tertiary/aromatic N) is 2. The van der Waals surface area contributed by atoms with Crippen molar-refractivity contribution < 1.29 is 27.5 Å². The molecule has 0 bridgehead atoms. The van der Waals surface area contributed by atoms with Gasteiger partial charge in [0, 0.05) is 23.5 Å². The fourth-order valence-corrected chi connectivity index (χ4v) is 2.86. The first-order valence-corrected chi connectivity index (χ1v) is 8.23. The first-order valence-electron chi connectivity index (χ1n) is 7.35. The minimum atomic E-state index is -4.44. The second-order valence-electron chi connectivity index (χ2n) is 5.29. The van der Waals surface area contributed by atoms with Gasteiger partial charge in [-0.25, -0.2) is 4.98 Å². The summed E-state index contributed by atoms with van der Waals surface area (Å²) in [6.07, 6.45) is -1.03. The van der Waals surface area contributed by atoms with Gasteiger partial charge in [0.05, 0.1) is 17.7 Å². The molecular weight excluding hydrogens is 371 g/mol. The smallest absolute Gasteiger partial charge is 0.416 e. The lowest BCUT2D eigenvalue weighted by molar-refractivity contribution is -0.146. The van der Waals surface area contributed by atoms with E-state index in [1.807, 2.05) is 5.38 Å². The number of nitrogens with one attached hydrogen (secondary N) is 1. The van der Waals surface area contributed by atoms with Crippen LogP contribution in [-0.4, -0.2) is 27.9 Å². The molecule has 1 N–H and O–H groups in total. The van der Waals surface area contributed by atoms with Crippen LogP contribution in [0.4, 0.5) is 18.9 Å². The average Bonchev–Trinajstić information content (AvgIpc) is 3.14. The predicted molar refractivity (Wildman–Crippen MR) is 87.8 cm³/mol.